The quantitative estimate of drug-likeness (QED) is 0.801. The van der Waals surface area contributed by atoms with Crippen LogP contribution in [0.4, 0.5) is 5.69 Å². The molecule has 146 valence electrons. The Morgan fingerprint density at radius 3 is 2.54 bits per heavy atom. The number of hydrogen-bond donors (Lipinski definition) is 1. The van der Waals surface area contributed by atoms with Crippen LogP contribution in [0.3, 0.4) is 0 Å². The first-order valence-electron chi connectivity index (χ1n) is 9.45. The normalized spacial score (nSPS) is 16.8. The van der Waals surface area contributed by atoms with Crippen molar-refractivity contribution in [1.82, 2.24) is 0 Å². The third-order valence-electron chi connectivity index (χ3n) is 4.76. The maximum absolute atomic E-state index is 13.0. The summed E-state index contributed by atoms with van der Waals surface area (Å²) in [6, 6.07) is 14.1. The van der Waals surface area contributed by atoms with Gasteiger partial charge in [-0.1, -0.05) is 38.1 Å². The van der Waals surface area contributed by atoms with Crippen LogP contribution >= 0.6 is 0 Å². The zero-order valence-electron chi connectivity index (χ0n) is 16.6. The predicted molar refractivity (Wildman–Crippen MR) is 109 cm³/mol. The summed E-state index contributed by atoms with van der Waals surface area (Å²) in [6.07, 6.45) is 0. The molecule has 3 rings (SSSR count). The average Bonchev–Trinajstić information content (AvgIpc) is 2.93. The molecule has 0 radical (unpaired) electrons. The van der Waals surface area contributed by atoms with E-state index in [1.165, 1.54) is 4.90 Å². The summed E-state index contributed by atoms with van der Waals surface area (Å²) in [5.41, 5.74) is 2.47. The fourth-order valence-electron chi connectivity index (χ4n) is 3.47. The third kappa shape index (κ3) is 3.52. The monoisotopic (exact) mass is 379 g/mol. The second-order valence-electron chi connectivity index (χ2n) is 7.20. The Bertz CT molecular complexity index is 945. The Hall–Kier alpha value is -3.08. The van der Waals surface area contributed by atoms with Crippen molar-refractivity contribution in [2.75, 3.05) is 11.5 Å². The van der Waals surface area contributed by atoms with Crippen molar-refractivity contribution >= 4 is 17.4 Å². The number of ether oxygens (including phenoxy) is 1. The number of amides is 1. The van der Waals surface area contributed by atoms with E-state index in [2.05, 4.69) is 0 Å². The molecule has 5 nitrogen and oxygen atoms in total. The lowest BCUT2D eigenvalue weighted by atomic mass is 9.91. The van der Waals surface area contributed by atoms with Gasteiger partial charge in [0.25, 0.3) is 5.91 Å². The molecule has 0 aliphatic carbocycles. The molecule has 1 amide bonds. The SMILES string of the molecule is CCOc1cccc(C2C(C(=O)C(C)C)=C(O)C(=O)N2c2cccc(C)c2)c1. The minimum absolute atomic E-state index is 0.134. The summed E-state index contributed by atoms with van der Waals surface area (Å²) in [6.45, 7) is 7.85. The number of anilines is 1. The summed E-state index contributed by atoms with van der Waals surface area (Å²) in [4.78, 5) is 27.4. The van der Waals surface area contributed by atoms with Gasteiger partial charge in [-0.25, -0.2) is 0 Å². The molecular weight excluding hydrogens is 354 g/mol. The molecule has 5 heteroatoms. The van der Waals surface area contributed by atoms with Crippen LogP contribution < -0.4 is 9.64 Å². The summed E-state index contributed by atoms with van der Waals surface area (Å²) in [5.74, 6) is -0.986. The molecule has 0 saturated carbocycles. The zero-order chi connectivity index (χ0) is 20.4. The number of aryl methyl sites for hydroxylation is 1. The zero-order valence-corrected chi connectivity index (χ0v) is 16.6. The van der Waals surface area contributed by atoms with Crippen molar-refractivity contribution in [2.45, 2.75) is 33.7 Å². The number of hydrogen-bond acceptors (Lipinski definition) is 4. The van der Waals surface area contributed by atoms with Crippen molar-refractivity contribution in [3.63, 3.8) is 0 Å². The molecule has 1 aliphatic heterocycles. The smallest absolute Gasteiger partial charge is 0.294 e. The molecule has 1 aliphatic rings. The summed E-state index contributed by atoms with van der Waals surface area (Å²) >= 11 is 0. The first-order valence-corrected chi connectivity index (χ1v) is 9.45. The lowest BCUT2D eigenvalue weighted by molar-refractivity contribution is -0.119. The number of nitrogens with zero attached hydrogens (tertiary/aromatic N) is 1. The van der Waals surface area contributed by atoms with Gasteiger partial charge in [-0.3, -0.25) is 14.5 Å². The van der Waals surface area contributed by atoms with Crippen molar-refractivity contribution in [1.29, 1.82) is 0 Å². The van der Waals surface area contributed by atoms with Gasteiger partial charge in [-0.05, 0) is 49.2 Å². The van der Waals surface area contributed by atoms with E-state index in [1.807, 2.05) is 56.3 Å². The van der Waals surface area contributed by atoms with Crippen LogP contribution in [0, 0.1) is 12.8 Å². The Labute approximate surface area is 165 Å². The molecule has 2 aromatic carbocycles. The molecular formula is C23H25NO4. The van der Waals surface area contributed by atoms with Gasteiger partial charge >= 0.3 is 0 Å². The molecule has 2 aromatic rings. The van der Waals surface area contributed by atoms with Gasteiger partial charge in [-0.15, -0.1) is 0 Å². The van der Waals surface area contributed by atoms with Crippen LogP contribution in [-0.2, 0) is 9.59 Å². The van der Waals surface area contributed by atoms with Gasteiger partial charge in [0.1, 0.15) is 5.75 Å². The van der Waals surface area contributed by atoms with Crippen LogP contribution in [0.15, 0.2) is 59.9 Å². The summed E-state index contributed by atoms with van der Waals surface area (Å²) in [5, 5.41) is 10.6. The highest BCUT2D eigenvalue weighted by molar-refractivity contribution is 6.16. The van der Waals surface area contributed by atoms with Crippen LogP contribution in [-0.4, -0.2) is 23.4 Å². The van der Waals surface area contributed by atoms with Crippen molar-refractivity contribution in [3.8, 4) is 5.75 Å². The lowest BCUT2D eigenvalue weighted by Crippen LogP contribution is -2.31. The molecule has 0 saturated heterocycles. The minimum Gasteiger partial charge on any atom is -0.503 e. The second kappa shape index (κ2) is 7.89. The maximum Gasteiger partial charge on any atom is 0.294 e. The summed E-state index contributed by atoms with van der Waals surface area (Å²) < 4.78 is 5.60. The largest absolute Gasteiger partial charge is 0.503 e. The molecule has 1 N–H and O–H groups in total. The average molecular weight is 379 g/mol. The number of Topliss-reactive ketones (excluding diaryl/α,β-unsaturated/α-hetero) is 1. The summed E-state index contributed by atoms with van der Waals surface area (Å²) in [7, 11) is 0. The number of rotatable bonds is 6. The van der Waals surface area contributed by atoms with E-state index >= 15 is 0 Å². The van der Waals surface area contributed by atoms with Gasteiger partial charge in [0.05, 0.1) is 18.2 Å². The molecule has 1 unspecified atom stereocenters. The number of ketones is 1. The van der Waals surface area contributed by atoms with E-state index in [0.717, 1.165) is 5.56 Å². The van der Waals surface area contributed by atoms with E-state index in [1.54, 1.807) is 19.9 Å². The van der Waals surface area contributed by atoms with Crippen LogP contribution in [0.1, 0.15) is 37.9 Å². The van der Waals surface area contributed by atoms with Crippen molar-refractivity contribution in [2.24, 2.45) is 5.92 Å². The molecule has 0 fully saturated rings. The van der Waals surface area contributed by atoms with Crippen molar-refractivity contribution in [3.05, 3.63) is 71.0 Å². The first-order chi connectivity index (χ1) is 13.3. The highest BCUT2D eigenvalue weighted by Crippen LogP contribution is 2.42. The van der Waals surface area contributed by atoms with E-state index in [9.17, 15) is 14.7 Å². The van der Waals surface area contributed by atoms with E-state index in [4.69, 9.17) is 4.74 Å². The molecule has 0 aromatic heterocycles. The number of benzene rings is 2. The Morgan fingerprint density at radius 2 is 1.89 bits per heavy atom. The highest BCUT2D eigenvalue weighted by atomic mass is 16.5. The Balaban J connectivity index is 2.19. The highest BCUT2D eigenvalue weighted by Gasteiger charge is 2.44. The number of aliphatic hydroxyl groups excluding tert-OH is 1. The van der Waals surface area contributed by atoms with Crippen LogP contribution in [0.2, 0.25) is 0 Å². The van der Waals surface area contributed by atoms with Gasteiger partial charge in [0.2, 0.25) is 0 Å². The number of carbonyl (C=O) groups excluding carboxylic acids is 2. The minimum atomic E-state index is -0.704. The fraction of sp³-hybridized carbons (Fsp3) is 0.304. The Kier molecular flexibility index (Phi) is 5.54. The molecule has 0 spiro atoms. The molecule has 1 heterocycles. The fourth-order valence-corrected chi connectivity index (χ4v) is 3.47. The Morgan fingerprint density at radius 1 is 1.18 bits per heavy atom. The lowest BCUT2D eigenvalue weighted by Gasteiger charge is -2.28. The number of aliphatic hydroxyl groups is 1. The van der Waals surface area contributed by atoms with Gasteiger partial charge in [0, 0.05) is 11.6 Å². The van der Waals surface area contributed by atoms with Crippen molar-refractivity contribution < 1.29 is 19.4 Å². The van der Waals surface area contributed by atoms with E-state index in [-0.39, 0.29) is 17.3 Å². The second-order valence-corrected chi connectivity index (χ2v) is 7.20. The third-order valence-corrected chi connectivity index (χ3v) is 4.76. The molecule has 28 heavy (non-hydrogen) atoms. The topological polar surface area (TPSA) is 66.8 Å². The number of carbonyl (C=O) groups is 2. The van der Waals surface area contributed by atoms with E-state index < -0.39 is 17.7 Å². The predicted octanol–water partition coefficient (Wildman–Crippen LogP) is 4.52. The van der Waals surface area contributed by atoms with E-state index in [0.29, 0.717) is 23.6 Å². The van der Waals surface area contributed by atoms with Gasteiger partial charge < -0.3 is 9.84 Å². The van der Waals surface area contributed by atoms with Crippen LogP contribution in [0.5, 0.6) is 5.75 Å². The van der Waals surface area contributed by atoms with Crippen LogP contribution in [0.25, 0.3) is 0 Å². The molecule has 0 bridgehead atoms. The maximum atomic E-state index is 13.0. The molecule has 1 atom stereocenters. The first kappa shape index (κ1) is 19.7. The standard InChI is InChI=1S/C23H25NO4/c1-5-28-18-11-7-9-16(13-18)20-19(21(25)14(2)3)22(26)23(27)24(20)17-10-6-8-15(4)12-17/h6-14,20,26H,5H2,1-4H3. The van der Waals surface area contributed by atoms with Gasteiger partial charge in [0.15, 0.2) is 11.5 Å². The van der Waals surface area contributed by atoms with Gasteiger partial charge in [-0.2, -0.15) is 0 Å².